The molecule has 0 bridgehead atoms. The van der Waals surface area contributed by atoms with E-state index in [4.69, 9.17) is 0 Å². The third-order valence-corrected chi connectivity index (χ3v) is 6.70. The first-order valence-corrected chi connectivity index (χ1v) is 10.4. The summed E-state index contributed by atoms with van der Waals surface area (Å²) in [5.74, 6) is -0.00687. The van der Waals surface area contributed by atoms with Crippen molar-refractivity contribution in [3.05, 3.63) is 77.4 Å². The first-order chi connectivity index (χ1) is 14.0. The van der Waals surface area contributed by atoms with Crippen LogP contribution in [0.1, 0.15) is 34.5 Å². The van der Waals surface area contributed by atoms with Crippen LogP contribution in [0.2, 0.25) is 0 Å². The maximum absolute atomic E-state index is 13.1. The van der Waals surface area contributed by atoms with Crippen molar-refractivity contribution in [1.29, 1.82) is 0 Å². The van der Waals surface area contributed by atoms with Crippen molar-refractivity contribution < 1.29 is 4.79 Å². The van der Waals surface area contributed by atoms with Crippen LogP contribution in [0.25, 0.3) is 10.8 Å². The van der Waals surface area contributed by atoms with Gasteiger partial charge in [0.15, 0.2) is 0 Å². The zero-order valence-electron chi connectivity index (χ0n) is 17.2. The molecule has 1 N–H and O–H groups in total. The number of anilines is 1. The number of nitrogens with one attached hydrogen (secondary N) is 1. The number of fused-ring (bicyclic) bond motifs is 2. The molecule has 5 rings (SSSR count). The number of aryl methyl sites for hydroxylation is 1. The van der Waals surface area contributed by atoms with Crippen molar-refractivity contribution in [2.24, 2.45) is 0 Å². The number of likely N-dealkylation sites (N-methyl/N-ethyl adjacent to an activating group) is 1. The van der Waals surface area contributed by atoms with E-state index in [0.717, 1.165) is 35.5 Å². The zero-order valence-corrected chi connectivity index (χ0v) is 17.2. The van der Waals surface area contributed by atoms with Crippen molar-refractivity contribution in [2.75, 3.05) is 25.0 Å². The molecule has 0 aromatic heterocycles. The maximum Gasteiger partial charge on any atom is 0.252 e. The van der Waals surface area contributed by atoms with E-state index in [1.165, 1.54) is 10.8 Å². The summed E-state index contributed by atoms with van der Waals surface area (Å²) in [6, 6.07) is 22.1. The molecule has 2 heterocycles. The molecule has 148 valence electrons. The molecule has 2 aliphatic heterocycles. The van der Waals surface area contributed by atoms with E-state index in [2.05, 4.69) is 77.6 Å². The van der Waals surface area contributed by atoms with Crippen LogP contribution in [0.3, 0.4) is 0 Å². The number of carbonyl (C=O) groups is 1. The molecule has 29 heavy (non-hydrogen) atoms. The van der Waals surface area contributed by atoms with E-state index in [1.807, 2.05) is 19.1 Å². The lowest BCUT2D eigenvalue weighted by Crippen LogP contribution is -2.78. The molecule has 0 spiro atoms. The summed E-state index contributed by atoms with van der Waals surface area (Å²) in [7, 11) is 2.18. The average Bonchev–Trinajstić information content (AvgIpc) is 2.72. The van der Waals surface area contributed by atoms with Gasteiger partial charge < -0.3 is 10.2 Å². The number of hydrogen-bond donors (Lipinski definition) is 1. The Balaban J connectivity index is 1.37. The summed E-state index contributed by atoms with van der Waals surface area (Å²) < 4.78 is 0. The highest BCUT2D eigenvalue weighted by Crippen LogP contribution is 2.37. The molecule has 2 saturated heterocycles. The van der Waals surface area contributed by atoms with E-state index >= 15 is 0 Å². The van der Waals surface area contributed by atoms with Gasteiger partial charge in [-0.3, -0.25) is 9.69 Å². The van der Waals surface area contributed by atoms with Crippen LogP contribution >= 0.6 is 0 Å². The van der Waals surface area contributed by atoms with E-state index < -0.39 is 0 Å². The first kappa shape index (κ1) is 18.2. The van der Waals surface area contributed by atoms with Gasteiger partial charge in [0, 0.05) is 30.4 Å². The lowest BCUT2D eigenvalue weighted by Gasteiger charge is -2.62. The lowest BCUT2D eigenvalue weighted by atomic mass is 9.85. The Kier molecular flexibility index (Phi) is 4.32. The molecule has 2 fully saturated rings. The number of piperazine rings is 1. The van der Waals surface area contributed by atoms with E-state index in [0.29, 0.717) is 12.1 Å². The van der Waals surface area contributed by atoms with Crippen LogP contribution < -0.4 is 10.2 Å². The highest BCUT2D eigenvalue weighted by atomic mass is 16.1. The minimum absolute atomic E-state index is 0.00687. The van der Waals surface area contributed by atoms with Crippen molar-refractivity contribution in [2.45, 2.75) is 32.0 Å². The molecule has 1 amide bonds. The van der Waals surface area contributed by atoms with Crippen LogP contribution in [0.15, 0.2) is 60.7 Å². The SMILES string of the molecule is Cc1ccc(N2C[C@H]3C2CN3C)cc1C(=O)N[C@H](C)c1cccc2ccccc12. The molecule has 0 saturated carbocycles. The first-order valence-electron chi connectivity index (χ1n) is 10.4. The normalized spacial score (nSPS) is 21.8. The van der Waals surface area contributed by atoms with Gasteiger partial charge in [-0.1, -0.05) is 48.5 Å². The summed E-state index contributed by atoms with van der Waals surface area (Å²) in [6.45, 7) is 6.23. The van der Waals surface area contributed by atoms with Gasteiger partial charge in [-0.25, -0.2) is 0 Å². The smallest absolute Gasteiger partial charge is 0.252 e. The second-order valence-electron chi connectivity index (χ2n) is 8.49. The van der Waals surface area contributed by atoms with Gasteiger partial charge in [0.05, 0.1) is 12.1 Å². The Morgan fingerprint density at radius 2 is 1.83 bits per heavy atom. The molecular weight excluding hydrogens is 358 g/mol. The summed E-state index contributed by atoms with van der Waals surface area (Å²) in [5, 5.41) is 5.61. The minimum atomic E-state index is -0.0645. The van der Waals surface area contributed by atoms with Crippen molar-refractivity contribution in [3.8, 4) is 0 Å². The number of rotatable bonds is 4. The second kappa shape index (κ2) is 6.89. The third-order valence-electron chi connectivity index (χ3n) is 6.70. The summed E-state index contributed by atoms with van der Waals surface area (Å²) in [4.78, 5) is 18.0. The van der Waals surface area contributed by atoms with Crippen LogP contribution in [-0.4, -0.2) is 43.0 Å². The number of likely N-dealkylation sites (tertiary alicyclic amines) is 1. The topological polar surface area (TPSA) is 35.6 Å². The van der Waals surface area contributed by atoms with Crippen LogP contribution in [0, 0.1) is 6.92 Å². The predicted octanol–water partition coefficient (Wildman–Crippen LogP) is 4.14. The fourth-order valence-corrected chi connectivity index (χ4v) is 4.78. The molecule has 3 aromatic rings. The third kappa shape index (κ3) is 2.99. The van der Waals surface area contributed by atoms with Gasteiger partial charge in [0.1, 0.15) is 0 Å². The molecule has 4 heteroatoms. The average molecular weight is 386 g/mol. The monoisotopic (exact) mass is 385 g/mol. The standard InChI is InChI=1S/C25H27N3O/c1-16-11-12-19(28-15-23-24(28)14-27(23)3)13-22(16)25(29)26-17(2)20-10-6-8-18-7-4-5-9-21(18)20/h4-13,17,23-24H,14-15H2,1-3H3,(H,26,29)/t17-,23+,24?/m1/s1. The quantitative estimate of drug-likeness (QED) is 0.733. The molecular formula is C25H27N3O. The largest absolute Gasteiger partial charge is 0.364 e. The van der Waals surface area contributed by atoms with Crippen molar-refractivity contribution in [3.63, 3.8) is 0 Å². The highest BCUT2D eigenvalue weighted by Gasteiger charge is 2.49. The maximum atomic E-state index is 13.1. The molecule has 4 nitrogen and oxygen atoms in total. The Labute approximate surface area is 172 Å². The Morgan fingerprint density at radius 3 is 2.59 bits per heavy atom. The van der Waals surface area contributed by atoms with Gasteiger partial charge >= 0.3 is 0 Å². The molecule has 3 atom stereocenters. The van der Waals surface area contributed by atoms with E-state index in [9.17, 15) is 4.79 Å². The van der Waals surface area contributed by atoms with Crippen molar-refractivity contribution >= 4 is 22.4 Å². The van der Waals surface area contributed by atoms with Gasteiger partial charge in [-0.15, -0.1) is 0 Å². The van der Waals surface area contributed by atoms with E-state index in [1.54, 1.807) is 0 Å². The van der Waals surface area contributed by atoms with Gasteiger partial charge in [0.25, 0.3) is 5.91 Å². The fraction of sp³-hybridized carbons (Fsp3) is 0.320. The molecule has 0 radical (unpaired) electrons. The molecule has 3 aromatic carbocycles. The Morgan fingerprint density at radius 1 is 1.03 bits per heavy atom. The summed E-state index contributed by atoms with van der Waals surface area (Å²) in [5.41, 5.74) is 4.09. The molecule has 0 aliphatic carbocycles. The number of benzene rings is 3. The summed E-state index contributed by atoms with van der Waals surface area (Å²) in [6.07, 6.45) is 0. The lowest BCUT2D eigenvalue weighted by molar-refractivity contribution is 0.0368. The van der Waals surface area contributed by atoms with Gasteiger partial charge in [-0.2, -0.15) is 0 Å². The Hall–Kier alpha value is -2.85. The van der Waals surface area contributed by atoms with Crippen LogP contribution in [0.5, 0.6) is 0 Å². The number of hydrogen-bond acceptors (Lipinski definition) is 3. The minimum Gasteiger partial charge on any atom is -0.364 e. The van der Waals surface area contributed by atoms with E-state index in [-0.39, 0.29) is 11.9 Å². The molecule has 1 unspecified atom stereocenters. The van der Waals surface area contributed by atoms with Crippen molar-refractivity contribution in [1.82, 2.24) is 10.2 Å². The van der Waals surface area contributed by atoms with Crippen LogP contribution in [-0.2, 0) is 0 Å². The number of nitrogens with zero attached hydrogens (tertiary/aromatic N) is 2. The Bertz CT molecular complexity index is 1090. The highest BCUT2D eigenvalue weighted by molar-refractivity contribution is 5.97. The number of carbonyl (C=O) groups excluding carboxylic acids is 1. The van der Waals surface area contributed by atoms with Crippen LogP contribution in [0.4, 0.5) is 5.69 Å². The summed E-state index contributed by atoms with van der Waals surface area (Å²) >= 11 is 0. The molecule has 2 aliphatic rings. The predicted molar refractivity (Wildman–Crippen MR) is 119 cm³/mol. The zero-order chi connectivity index (χ0) is 20.1. The fourth-order valence-electron chi connectivity index (χ4n) is 4.78. The van der Waals surface area contributed by atoms with Gasteiger partial charge in [0.2, 0.25) is 0 Å². The second-order valence-corrected chi connectivity index (χ2v) is 8.49. The number of amides is 1. The van der Waals surface area contributed by atoms with Gasteiger partial charge in [-0.05, 0) is 54.9 Å².